The van der Waals surface area contributed by atoms with E-state index in [4.69, 9.17) is 27.9 Å². The molecule has 0 spiro atoms. The van der Waals surface area contributed by atoms with Gasteiger partial charge in [0.15, 0.2) is 0 Å². The van der Waals surface area contributed by atoms with E-state index in [-0.39, 0.29) is 41.0 Å². The van der Waals surface area contributed by atoms with E-state index < -0.39 is 10.9 Å². The van der Waals surface area contributed by atoms with Crippen LogP contribution in [0.4, 0.5) is 5.69 Å². The molecule has 0 radical (unpaired) electrons. The number of carbonyl (C=O) groups excluding carboxylic acids is 1. The van der Waals surface area contributed by atoms with Gasteiger partial charge in [-0.3, -0.25) is 14.9 Å². The molecular weight excluding hydrogens is 297 g/mol. The van der Waals surface area contributed by atoms with Gasteiger partial charge in [-0.2, -0.15) is 0 Å². The van der Waals surface area contributed by atoms with E-state index in [1.807, 2.05) is 0 Å². The SMILES string of the molecule is CCO[13C](=O)[13CH2]NCc1c([N+](=O)[O-])ccc(Cl)c1Cl. The lowest BCUT2D eigenvalue weighted by molar-refractivity contribution is -0.385. The molecule has 6 nitrogen and oxygen atoms in total. The maximum atomic E-state index is 11.1. The zero-order valence-corrected chi connectivity index (χ0v) is 11.6. The third kappa shape index (κ3) is 4.34. The number of hydrogen-bond donors (Lipinski definition) is 1. The van der Waals surface area contributed by atoms with Crippen molar-refractivity contribution >= 4 is 34.9 Å². The molecule has 0 aromatic heterocycles. The summed E-state index contributed by atoms with van der Waals surface area (Å²) < 4.78 is 4.72. The monoisotopic (exact) mass is 308 g/mol. The fourth-order valence-corrected chi connectivity index (χ4v) is 1.83. The van der Waals surface area contributed by atoms with Crippen LogP contribution in [0.5, 0.6) is 0 Å². The predicted molar refractivity (Wildman–Crippen MR) is 71.5 cm³/mol. The minimum atomic E-state index is -0.552. The molecule has 1 aromatic rings. The molecule has 104 valence electrons. The van der Waals surface area contributed by atoms with E-state index in [9.17, 15) is 14.9 Å². The number of halogens is 2. The maximum absolute atomic E-state index is 11.1. The molecule has 0 unspecified atom stereocenters. The van der Waals surface area contributed by atoms with Gasteiger partial charge in [-0.15, -0.1) is 0 Å². The number of ether oxygens (including phenoxy) is 1. The number of benzene rings is 1. The van der Waals surface area contributed by atoms with Crippen molar-refractivity contribution in [3.8, 4) is 0 Å². The molecule has 0 heterocycles. The van der Waals surface area contributed by atoms with Gasteiger partial charge in [0, 0.05) is 12.6 Å². The lowest BCUT2D eigenvalue weighted by atomic mass is 10.2. The summed E-state index contributed by atoms with van der Waals surface area (Å²) >= 11 is 11.7. The van der Waals surface area contributed by atoms with E-state index in [0.29, 0.717) is 0 Å². The molecular formula is C11H12Cl2N2O4. The van der Waals surface area contributed by atoms with Gasteiger partial charge in [-0.05, 0) is 13.0 Å². The van der Waals surface area contributed by atoms with E-state index in [1.54, 1.807) is 6.92 Å². The third-order valence-corrected chi connectivity index (χ3v) is 3.09. The Morgan fingerprint density at radius 2 is 2.16 bits per heavy atom. The fraction of sp³-hybridized carbons (Fsp3) is 0.364. The molecule has 0 atom stereocenters. The van der Waals surface area contributed by atoms with Crippen LogP contribution in [-0.2, 0) is 16.1 Å². The highest BCUT2D eigenvalue weighted by Crippen LogP contribution is 2.32. The first-order valence-electron chi connectivity index (χ1n) is 5.45. The molecule has 0 saturated carbocycles. The average molecular weight is 309 g/mol. The largest absolute Gasteiger partial charge is 0.465 e. The van der Waals surface area contributed by atoms with Crippen molar-refractivity contribution in [2.24, 2.45) is 0 Å². The van der Waals surface area contributed by atoms with E-state index in [2.05, 4.69) is 5.32 Å². The van der Waals surface area contributed by atoms with Crippen LogP contribution in [-0.4, -0.2) is 24.0 Å². The van der Waals surface area contributed by atoms with Crippen LogP contribution in [0.25, 0.3) is 0 Å². The highest BCUT2D eigenvalue weighted by molar-refractivity contribution is 6.42. The quantitative estimate of drug-likeness (QED) is 0.378. The summed E-state index contributed by atoms with van der Waals surface area (Å²) in [6.07, 6.45) is 0. The molecule has 0 aliphatic heterocycles. The van der Waals surface area contributed by atoms with E-state index in [1.165, 1.54) is 12.1 Å². The first-order valence-corrected chi connectivity index (χ1v) is 6.20. The number of nitrogens with one attached hydrogen (secondary N) is 1. The molecule has 0 amide bonds. The number of esters is 1. The molecule has 0 bridgehead atoms. The van der Waals surface area contributed by atoms with Crippen LogP contribution in [0.1, 0.15) is 12.5 Å². The molecule has 0 saturated heterocycles. The van der Waals surface area contributed by atoms with E-state index in [0.717, 1.165) is 0 Å². The Labute approximate surface area is 119 Å². The van der Waals surface area contributed by atoms with Crippen LogP contribution in [0.15, 0.2) is 12.1 Å². The van der Waals surface area contributed by atoms with Gasteiger partial charge in [-0.25, -0.2) is 0 Å². The average Bonchev–Trinajstić information content (AvgIpc) is 2.34. The lowest BCUT2D eigenvalue weighted by Crippen LogP contribution is -2.24. The molecule has 1 rings (SSSR count). The Balaban J connectivity index is 2.79. The Morgan fingerprint density at radius 3 is 2.74 bits per heavy atom. The van der Waals surface area contributed by atoms with Gasteiger partial charge in [0.25, 0.3) is 5.69 Å². The van der Waals surface area contributed by atoms with Crippen molar-refractivity contribution in [2.75, 3.05) is 13.2 Å². The number of nitro groups is 1. The maximum Gasteiger partial charge on any atom is 0.319 e. The predicted octanol–water partition coefficient (Wildman–Crippen LogP) is 2.55. The summed E-state index contributed by atoms with van der Waals surface area (Å²) in [6.45, 7) is 1.96. The third-order valence-electron chi connectivity index (χ3n) is 2.24. The topological polar surface area (TPSA) is 81.5 Å². The van der Waals surface area contributed by atoms with Crippen molar-refractivity contribution in [3.05, 3.63) is 37.9 Å². The molecule has 0 aliphatic rings. The molecule has 1 N–H and O–H groups in total. The van der Waals surface area contributed by atoms with Crippen LogP contribution < -0.4 is 5.32 Å². The van der Waals surface area contributed by atoms with Crippen molar-refractivity contribution in [1.29, 1.82) is 0 Å². The van der Waals surface area contributed by atoms with Crippen molar-refractivity contribution in [2.45, 2.75) is 13.5 Å². The van der Waals surface area contributed by atoms with Gasteiger partial charge >= 0.3 is 5.97 Å². The van der Waals surface area contributed by atoms with Gasteiger partial charge in [0.2, 0.25) is 0 Å². The van der Waals surface area contributed by atoms with Gasteiger partial charge in [0.05, 0.1) is 33.7 Å². The summed E-state index contributed by atoms with van der Waals surface area (Å²) in [6, 6.07) is 2.63. The molecule has 8 heteroatoms. The first kappa shape index (κ1) is 15.7. The summed E-state index contributed by atoms with van der Waals surface area (Å²) in [5.41, 5.74) is 0.0919. The van der Waals surface area contributed by atoms with Crippen molar-refractivity contribution in [1.82, 2.24) is 5.32 Å². The molecule has 0 fully saturated rings. The molecule has 19 heavy (non-hydrogen) atoms. The van der Waals surface area contributed by atoms with Crippen LogP contribution >= 0.6 is 23.2 Å². The number of rotatable bonds is 6. The van der Waals surface area contributed by atoms with Crippen molar-refractivity contribution in [3.63, 3.8) is 0 Å². The molecule has 1 aromatic carbocycles. The zero-order valence-electron chi connectivity index (χ0n) is 10.1. The second kappa shape index (κ2) is 7.28. The second-order valence-electron chi connectivity index (χ2n) is 3.52. The number of carbonyl (C=O) groups is 1. The standard InChI is InChI=1S/C11H12Cl2N2O4/c1-2-19-10(16)6-14-5-7-9(15(17)18)4-3-8(12)11(7)13/h3-4,14H,2,5-6H2,1H3/i6+1,10+1. The first-order chi connectivity index (χ1) is 8.97. The van der Waals surface area contributed by atoms with Crippen molar-refractivity contribution < 1.29 is 14.5 Å². The minimum absolute atomic E-state index is 0.0501. The lowest BCUT2D eigenvalue weighted by Gasteiger charge is -2.08. The smallest absolute Gasteiger partial charge is 0.319 e. The zero-order chi connectivity index (χ0) is 14.4. The van der Waals surface area contributed by atoms with Gasteiger partial charge in [0.1, 0.15) is 0 Å². The highest BCUT2D eigenvalue weighted by Gasteiger charge is 2.19. The number of nitrogens with zero attached hydrogens (tertiary/aromatic N) is 1. The Morgan fingerprint density at radius 1 is 1.47 bits per heavy atom. The van der Waals surface area contributed by atoms with Crippen LogP contribution in [0.2, 0.25) is 10.0 Å². The van der Waals surface area contributed by atoms with E-state index >= 15 is 0 Å². The van der Waals surface area contributed by atoms with Gasteiger partial charge in [-0.1, -0.05) is 23.2 Å². The Hall–Kier alpha value is -1.37. The Kier molecular flexibility index (Phi) is 6.01. The summed E-state index contributed by atoms with van der Waals surface area (Å²) in [7, 11) is 0. The summed E-state index contributed by atoms with van der Waals surface area (Å²) in [5, 5.41) is 13.9. The Bertz CT molecular complexity index is 494. The normalized spacial score (nSPS) is 10.3. The minimum Gasteiger partial charge on any atom is -0.465 e. The highest BCUT2D eigenvalue weighted by atomic mass is 35.5. The van der Waals surface area contributed by atoms with Gasteiger partial charge < -0.3 is 10.1 Å². The number of nitro benzene ring substituents is 1. The second-order valence-corrected chi connectivity index (χ2v) is 4.31. The fourth-order valence-electron chi connectivity index (χ4n) is 1.42. The summed E-state index contributed by atoms with van der Waals surface area (Å²) in [5.74, 6) is -0.441. The van der Waals surface area contributed by atoms with Crippen LogP contribution in [0.3, 0.4) is 0 Å². The molecule has 0 aliphatic carbocycles. The number of hydrogen-bond acceptors (Lipinski definition) is 5. The summed E-state index contributed by atoms with van der Waals surface area (Å²) in [4.78, 5) is 21.4. The van der Waals surface area contributed by atoms with Crippen LogP contribution in [0, 0.1) is 10.1 Å².